The summed E-state index contributed by atoms with van der Waals surface area (Å²) in [7, 11) is 0. The monoisotopic (exact) mass is 301 g/mol. The number of piperazine rings is 1. The number of hydrogen-bond acceptors (Lipinski definition) is 3. The molecule has 2 heterocycles. The number of pyridine rings is 1. The standard InChI is InChI=1S/C12H13Cl2N3O2/c1-12(2)11(19)15-5-6-17(12)10(18)9-7(13)3-4-8(14)16-9/h3-4H,5-6H2,1-2H3,(H,15,19). The third-order valence-corrected chi connectivity index (χ3v) is 3.63. The minimum absolute atomic E-state index is 0.0666. The molecule has 0 saturated carbocycles. The molecule has 1 fully saturated rings. The highest BCUT2D eigenvalue weighted by Gasteiger charge is 2.41. The molecule has 2 rings (SSSR count). The molecule has 1 aliphatic rings. The van der Waals surface area contributed by atoms with E-state index in [4.69, 9.17) is 23.2 Å². The maximum Gasteiger partial charge on any atom is 0.275 e. The van der Waals surface area contributed by atoms with E-state index in [0.29, 0.717) is 13.1 Å². The van der Waals surface area contributed by atoms with E-state index in [2.05, 4.69) is 10.3 Å². The van der Waals surface area contributed by atoms with Crippen LogP contribution in [0.1, 0.15) is 24.3 Å². The van der Waals surface area contributed by atoms with Gasteiger partial charge in [0.25, 0.3) is 5.91 Å². The predicted octanol–water partition coefficient (Wildman–Crippen LogP) is 1.74. The minimum Gasteiger partial charge on any atom is -0.352 e. The van der Waals surface area contributed by atoms with Crippen molar-refractivity contribution < 1.29 is 9.59 Å². The first-order valence-electron chi connectivity index (χ1n) is 5.76. The molecule has 0 unspecified atom stereocenters. The van der Waals surface area contributed by atoms with Gasteiger partial charge in [-0.1, -0.05) is 23.2 Å². The summed E-state index contributed by atoms with van der Waals surface area (Å²) >= 11 is 11.8. The zero-order chi connectivity index (χ0) is 14.2. The van der Waals surface area contributed by atoms with Crippen molar-refractivity contribution in [2.45, 2.75) is 19.4 Å². The van der Waals surface area contributed by atoms with Gasteiger partial charge in [0.2, 0.25) is 5.91 Å². The Balaban J connectivity index is 2.38. The molecule has 0 aromatic carbocycles. The Morgan fingerprint density at radius 1 is 1.42 bits per heavy atom. The van der Waals surface area contributed by atoms with Gasteiger partial charge in [-0.05, 0) is 26.0 Å². The van der Waals surface area contributed by atoms with Gasteiger partial charge < -0.3 is 10.2 Å². The number of nitrogens with one attached hydrogen (secondary N) is 1. The number of nitrogens with zero attached hydrogens (tertiary/aromatic N) is 2. The Hall–Kier alpha value is -1.33. The molecule has 1 aliphatic heterocycles. The van der Waals surface area contributed by atoms with Gasteiger partial charge in [0.1, 0.15) is 16.4 Å². The lowest BCUT2D eigenvalue weighted by molar-refractivity contribution is -0.133. The largest absolute Gasteiger partial charge is 0.352 e. The van der Waals surface area contributed by atoms with Gasteiger partial charge in [-0.15, -0.1) is 0 Å². The van der Waals surface area contributed by atoms with E-state index in [0.717, 1.165) is 0 Å². The van der Waals surface area contributed by atoms with Crippen LogP contribution >= 0.6 is 23.2 Å². The van der Waals surface area contributed by atoms with Crippen LogP contribution in [-0.4, -0.2) is 40.3 Å². The molecule has 0 atom stereocenters. The minimum atomic E-state index is -0.942. The normalized spacial score (nSPS) is 18.1. The average molecular weight is 302 g/mol. The summed E-state index contributed by atoms with van der Waals surface area (Å²) in [5.74, 6) is -0.599. The van der Waals surface area contributed by atoms with Crippen LogP contribution in [-0.2, 0) is 4.79 Å². The summed E-state index contributed by atoms with van der Waals surface area (Å²) in [6.45, 7) is 4.17. The molecule has 1 aromatic rings. The van der Waals surface area contributed by atoms with Crippen molar-refractivity contribution in [1.29, 1.82) is 0 Å². The Bertz CT molecular complexity index is 546. The highest BCUT2D eigenvalue weighted by atomic mass is 35.5. The Morgan fingerprint density at radius 2 is 2.11 bits per heavy atom. The molecule has 2 amide bonds. The molecule has 5 nitrogen and oxygen atoms in total. The topological polar surface area (TPSA) is 62.3 Å². The van der Waals surface area contributed by atoms with Gasteiger partial charge in [-0.2, -0.15) is 0 Å². The van der Waals surface area contributed by atoms with Crippen LogP contribution in [0.3, 0.4) is 0 Å². The Kier molecular flexibility index (Phi) is 3.69. The van der Waals surface area contributed by atoms with Gasteiger partial charge in [0, 0.05) is 13.1 Å². The maximum atomic E-state index is 12.5. The number of halogens is 2. The Labute approximate surface area is 120 Å². The summed E-state index contributed by atoms with van der Waals surface area (Å²) in [4.78, 5) is 29.7. The van der Waals surface area contributed by atoms with Gasteiger partial charge in [0.15, 0.2) is 0 Å². The summed E-state index contributed by atoms with van der Waals surface area (Å²) in [6, 6.07) is 3.02. The lowest BCUT2D eigenvalue weighted by Crippen LogP contribution is -2.63. The molecular formula is C12H13Cl2N3O2. The van der Waals surface area contributed by atoms with E-state index in [1.807, 2.05) is 0 Å². The first kappa shape index (κ1) is 14.1. The third kappa shape index (κ3) is 2.53. The highest BCUT2D eigenvalue weighted by molar-refractivity contribution is 6.34. The van der Waals surface area contributed by atoms with Crippen LogP contribution in [0.5, 0.6) is 0 Å². The lowest BCUT2D eigenvalue weighted by Gasteiger charge is -2.41. The molecule has 0 bridgehead atoms. The van der Waals surface area contributed by atoms with E-state index < -0.39 is 11.4 Å². The van der Waals surface area contributed by atoms with E-state index in [-0.39, 0.29) is 21.8 Å². The number of carbonyl (C=O) groups is 2. The Morgan fingerprint density at radius 3 is 2.79 bits per heavy atom. The van der Waals surface area contributed by atoms with Gasteiger partial charge in [-0.25, -0.2) is 4.98 Å². The first-order chi connectivity index (χ1) is 8.84. The molecule has 102 valence electrons. The van der Waals surface area contributed by atoms with Crippen molar-refractivity contribution in [1.82, 2.24) is 15.2 Å². The lowest BCUT2D eigenvalue weighted by atomic mass is 9.98. The van der Waals surface area contributed by atoms with Gasteiger partial charge in [-0.3, -0.25) is 9.59 Å². The second kappa shape index (κ2) is 4.98. The number of rotatable bonds is 1. The fourth-order valence-corrected chi connectivity index (χ4v) is 2.28. The molecule has 0 radical (unpaired) electrons. The van der Waals surface area contributed by atoms with Crippen molar-refractivity contribution >= 4 is 35.0 Å². The summed E-state index contributed by atoms with van der Waals surface area (Å²) in [6.07, 6.45) is 0. The molecule has 0 spiro atoms. The highest BCUT2D eigenvalue weighted by Crippen LogP contribution is 2.24. The smallest absolute Gasteiger partial charge is 0.275 e. The van der Waals surface area contributed by atoms with Crippen LogP contribution in [0.4, 0.5) is 0 Å². The maximum absolute atomic E-state index is 12.5. The number of aromatic nitrogens is 1. The van der Waals surface area contributed by atoms with Crippen molar-refractivity contribution in [2.75, 3.05) is 13.1 Å². The average Bonchev–Trinajstić information content (AvgIpc) is 2.35. The van der Waals surface area contributed by atoms with Crippen LogP contribution < -0.4 is 5.32 Å². The number of carbonyl (C=O) groups excluding carboxylic acids is 2. The molecule has 1 aromatic heterocycles. The van der Waals surface area contributed by atoms with E-state index >= 15 is 0 Å². The zero-order valence-electron chi connectivity index (χ0n) is 10.5. The van der Waals surface area contributed by atoms with E-state index in [1.54, 1.807) is 13.8 Å². The molecular weight excluding hydrogens is 289 g/mol. The quantitative estimate of drug-likeness (QED) is 0.804. The molecule has 1 saturated heterocycles. The SMILES string of the molecule is CC1(C)C(=O)NCCN1C(=O)c1nc(Cl)ccc1Cl. The number of hydrogen-bond donors (Lipinski definition) is 1. The molecule has 1 N–H and O–H groups in total. The van der Waals surface area contributed by atoms with Gasteiger partial charge >= 0.3 is 0 Å². The fourth-order valence-electron chi connectivity index (χ4n) is 1.95. The van der Waals surface area contributed by atoms with Crippen molar-refractivity contribution in [3.8, 4) is 0 Å². The van der Waals surface area contributed by atoms with E-state index in [9.17, 15) is 9.59 Å². The third-order valence-electron chi connectivity index (χ3n) is 3.11. The summed E-state index contributed by atoms with van der Waals surface area (Å²) in [5.41, 5.74) is -0.875. The second-order valence-electron chi connectivity index (χ2n) is 4.74. The van der Waals surface area contributed by atoms with Crippen LogP contribution in [0, 0.1) is 0 Å². The zero-order valence-corrected chi connectivity index (χ0v) is 12.0. The first-order valence-corrected chi connectivity index (χ1v) is 6.52. The molecule has 7 heteroatoms. The molecule has 0 aliphatic carbocycles. The fraction of sp³-hybridized carbons (Fsp3) is 0.417. The van der Waals surface area contributed by atoms with E-state index in [1.165, 1.54) is 17.0 Å². The predicted molar refractivity (Wildman–Crippen MR) is 72.4 cm³/mol. The molecule has 19 heavy (non-hydrogen) atoms. The summed E-state index contributed by atoms with van der Waals surface area (Å²) in [5, 5.41) is 3.13. The van der Waals surface area contributed by atoms with Crippen LogP contribution in [0.25, 0.3) is 0 Å². The van der Waals surface area contributed by atoms with Crippen molar-refractivity contribution in [3.63, 3.8) is 0 Å². The van der Waals surface area contributed by atoms with Crippen molar-refractivity contribution in [2.24, 2.45) is 0 Å². The summed E-state index contributed by atoms with van der Waals surface area (Å²) < 4.78 is 0. The van der Waals surface area contributed by atoms with Crippen LogP contribution in [0.15, 0.2) is 12.1 Å². The van der Waals surface area contributed by atoms with Crippen molar-refractivity contribution in [3.05, 3.63) is 28.0 Å². The second-order valence-corrected chi connectivity index (χ2v) is 5.53. The van der Waals surface area contributed by atoms with Gasteiger partial charge in [0.05, 0.1) is 5.02 Å². The van der Waals surface area contributed by atoms with Crippen LogP contribution in [0.2, 0.25) is 10.2 Å². The number of amides is 2.